The quantitative estimate of drug-likeness (QED) is 0.347. The third kappa shape index (κ3) is 8.43. The van der Waals surface area contributed by atoms with E-state index in [1.807, 2.05) is 43.1 Å². The summed E-state index contributed by atoms with van der Waals surface area (Å²) in [5.41, 5.74) is 1.000. The zero-order valence-electron chi connectivity index (χ0n) is 15.6. The lowest BCUT2D eigenvalue weighted by Gasteiger charge is -2.23. The average molecular weight is 519 g/mol. The zero-order chi connectivity index (χ0) is 19.2. The molecule has 0 radical (unpaired) electrons. The molecule has 0 aromatic heterocycles. The van der Waals surface area contributed by atoms with Crippen LogP contribution >= 0.6 is 35.6 Å². The molecule has 1 saturated heterocycles. The van der Waals surface area contributed by atoms with Crippen molar-refractivity contribution in [3.63, 3.8) is 0 Å². The van der Waals surface area contributed by atoms with Crippen LogP contribution in [0.2, 0.25) is 5.02 Å². The lowest BCUT2D eigenvalue weighted by molar-refractivity contribution is -0.143. The largest absolute Gasteiger partial charge is 0.401 e. The number of guanidine groups is 1. The van der Waals surface area contributed by atoms with Gasteiger partial charge in [-0.05, 0) is 37.4 Å². The number of halogens is 5. The van der Waals surface area contributed by atoms with Gasteiger partial charge in [0.2, 0.25) is 0 Å². The van der Waals surface area contributed by atoms with E-state index >= 15 is 0 Å². The van der Waals surface area contributed by atoms with Gasteiger partial charge in [-0.1, -0.05) is 29.8 Å². The predicted octanol–water partition coefficient (Wildman–Crippen LogP) is 4.24. The van der Waals surface area contributed by atoms with E-state index in [1.165, 1.54) is 4.90 Å². The van der Waals surface area contributed by atoms with Crippen LogP contribution in [0.5, 0.6) is 0 Å². The molecule has 9 heteroatoms. The molecule has 1 atom stereocenters. The Morgan fingerprint density at radius 3 is 2.70 bits per heavy atom. The molecule has 4 nitrogen and oxygen atoms in total. The monoisotopic (exact) mass is 518 g/mol. The molecule has 0 spiro atoms. The Morgan fingerprint density at radius 2 is 2.07 bits per heavy atom. The first kappa shape index (κ1) is 24.3. The molecule has 0 amide bonds. The van der Waals surface area contributed by atoms with E-state index in [0.29, 0.717) is 31.2 Å². The minimum Gasteiger partial charge on any atom is -0.357 e. The molecular weight excluding hydrogens is 492 g/mol. The van der Waals surface area contributed by atoms with Crippen LogP contribution in [0.3, 0.4) is 0 Å². The highest BCUT2D eigenvalue weighted by Crippen LogP contribution is 2.23. The van der Waals surface area contributed by atoms with Crippen molar-refractivity contribution in [2.24, 2.45) is 10.9 Å². The number of hydrogen-bond donors (Lipinski definition) is 1. The summed E-state index contributed by atoms with van der Waals surface area (Å²) in [5.74, 6) is 0.890. The molecule has 2 rings (SSSR count). The third-order valence-electron chi connectivity index (χ3n) is 4.33. The lowest BCUT2D eigenvalue weighted by Crippen LogP contribution is -2.39. The summed E-state index contributed by atoms with van der Waals surface area (Å²) in [6.07, 6.45) is -3.39. The number of alkyl halides is 3. The van der Waals surface area contributed by atoms with Crippen molar-refractivity contribution < 1.29 is 13.2 Å². The SMILES string of the molecule is CCNC(=NCC1CCN(CC(F)(F)F)C1)N(C)Cc1ccccc1Cl.I. The van der Waals surface area contributed by atoms with Crippen LogP contribution in [-0.2, 0) is 6.54 Å². The van der Waals surface area contributed by atoms with Gasteiger partial charge in [-0.3, -0.25) is 9.89 Å². The average Bonchev–Trinajstić information content (AvgIpc) is 2.99. The molecule has 0 aliphatic carbocycles. The molecule has 1 fully saturated rings. The van der Waals surface area contributed by atoms with Crippen molar-refractivity contribution in [3.8, 4) is 0 Å². The summed E-state index contributed by atoms with van der Waals surface area (Å²) in [4.78, 5) is 8.07. The van der Waals surface area contributed by atoms with E-state index in [4.69, 9.17) is 11.6 Å². The van der Waals surface area contributed by atoms with Gasteiger partial charge in [0.1, 0.15) is 0 Å². The topological polar surface area (TPSA) is 30.9 Å². The zero-order valence-corrected chi connectivity index (χ0v) is 18.7. The van der Waals surface area contributed by atoms with Crippen molar-refractivity contribution in [2.75, 3.05) is 39.8 Å². The number of aliphatic imine (C=N–C) groups is 1. The second-order valence-corrected chi connectivity index (χ2v) is 7.05. The smallest absolute Gasteiger partial charge is 0.357 e. The summed E-state index contributed by atoms with van der Waals surface area (Å²) in [5, 5.41) is 3.94. The van der Waals surface area contributed by atoms with Crippen molar-refractivity contribution in [1.29, 1.82) is 0 Å². The number of likely N-dealkylation sites (tertiary alicyclic amines) is 1. The van der Waals surface area contributed by atoms with Crippen LogP contribution in [0.1, 0.15) is 18.9 Å². The van der Waals surface area contributed by atoms with Crippen LogP contribution in [-0.4, -0.2) is 61.7 Å². The molecule has 1 aliphatic heterocycles. The maximum absolute atomic E-state index is 12.5. The van der Waals surface area contributed by atoms with Gasteiger partial charge >= 0.3 is 6.18 Å². The second-order valence-electron chi connectivity index (χ2n) is 6.65. The van der Waals surface area contributed by atoms with Crippen LogP contribution in [0.15, 0.2) is 29.3 Å². The van der Waals surface area contributed by atoms with Gasteiger partial charge in [-0.25, -0.2) is 0 Å². The van der Waals surface area contributed by atoms with Gasteiger partial charge in [0.15, 0.2) is 5.96 Å². The standard InChI is InChI=1S/C18H26ClF3N4.HI/c1-3-23-17(25(2)12-15-6-4-5-7-16(15)19)24-10-14-8-9-26(11-14)13-18(20,21)22;/h4-7,14H,3,8-13H2,1-2H3,(H,23,24);1H. The third-order valence-corrected chi connectivity index (χ3v) is 4.70. The fourth-order valence-electron chi connectivity index (χ4n) is 3.10. The molecule has 0 saturated carbocycles. The molecule has 154 valence electrons. The Labute approximate surface area is 181 Å². The fourth-order valence-corrected chi connectivity index (χ4v) is 3.30. The van der Waals surface area contributed by atoms with E-state index in [0.717, 1.165) is 24.5 Å². The first-order valence-electron chi connectivity index (χ1n) is 8.80. The van der Waals surface area contributed by atoms with Gasteiger partial charge in [-0.2, -0.15) is 13.2 Å². The van der Waals surface area contributed by atoms with Crippen molar-refractivity contribution in [1.82, 2.24) is 15.1 Å². The number of nitrogens with one attached hydrogen (secondary N) is 1. The molecule has 1 aromatic rings. The Morgan fingerprint density at radius 1 is 1.37 bits per heavy atom. The van der Waals surface area contributed by atoms with Gasteiger partial charge in [0.25, 0.3) is 0 Å². The fraction of sp³-hybridized carbons (Fsp3) is 0.611. The highest BCUT2D eigenvalue weighted by molar-refractivity contribution is 14.0. The van der Waals surface area contributed by atoms with Gasteiger partial charge in [-0.15, -0.1) is 24.0 Å². The normalized spacial score (nSPS) is 18.3. The Bertz CT molecular complexity index is 613. The van der Waals surface area contributed by atoms with Crippen LogP contribution in [0, 0.1) is 5.92 Å². The lowest BCUT2D eigenvalue weighted by atomic mass is 10.1. The predicted molar refractivity (Wildman–Crippen MR) is 115 cm³/mol. The van der Waals surface area contributed by atoms with Gasteiger partial charge in [0, 0.05) is 38.2 Å². The Hall–Kier alpha value is -0.740. The van der Waals surface area contributed by atoms with Crippen molar-refractivity contribution in [2.45, 2.75) is 26.1 Å². The van der Waals surface area contributed by atoms with E-state index < -0.39 is 12.7 Å². The highest BCUT2D eigenvalue weighted by Gasteiger charge is 2.34. The molecule has 1 unspecified atom stereocenters. The summed E-state index contributed by atoms with van der Waals surface area (Å²) in [6, 6.07) is 7.64. The minimum atomic E-state index is -4.14. The van der Waals surface area contributed by atoms with Crippen LogP contribution < -0.4 is 5.32 Å². The molecule has 1 N–H and O–H groups in total. The number of rotatable bonds is 6. The van der Waals surface area contributed by atoms with E-state index in [1.54, 1.807) is 0 Å². The first-order valence-corrected chi connectivity index (χ1v) is 9.18. The molecule has 1 aromatic carbocycles. The summed E-state index contributed by atoms with van der Waals surface area (Å²) in [6.45, 7) is 3.91. The van der Waals surface area contributed by atoms with E-state index in [9.17, 15) is 13.2 Å². The summed E-state index contributed by atoms with van der Waals surface area (Å²) < 4.78 is 37.5. The molecular formula is C18H27ClF3IN4. The summed E-state index contributed by atoms with van der Waals surface area (Å²) >= 11 is 6.22. The van der Waals surface area contributed by atoms with Gasteiger partial charge in [0.05, 0.1) is 6.54 Å². The minimum absolute atomic E-state index is 0. The first-order chi connectivity index (χ1) is 12.3. The molecule has 1 heterocycles. The van der Waals surface area contributed by atoms with E-state index in [-0.39, 0.29) is 29.9 Å². The molecule has 0 bridgehead atoms. The summed E-state index contributed by atoms with van der Waals surface area (Å²) in [7, 11) is 1.93. The van der Waals surface area contributed by atoms with E-state index in [2.05, 4.69) is 10.3 Å². The highest BCUT2D eigenvalue weighted by atomic mass is 127. The van der Waals surface area contributed by atoms with Gasteiger partial charge < -0.3 is 10.2 Å². The number of nitrogens with zero attached hydrogens (tertiary/aromatic N) is 3. The Balaban J connectivity index is 0.00000364. The van der Waals surface area contributed by atoms with Crippen molar-refractivity contribution >= 4 is 41.5 Å². The second kappa shape index (κ2) is 11.3. The Kier molecular flexibility index (Phi) is 10.2. The molecule has 27 heavy (non-hydrogen) atoms. The maximum atomic E-state index is 12.5. The van der Waals surface area contributed by atoms with Crippen molar-refractivity contribution in [3.05, 3.63) is 34.9 Å². The van der Waals surface area contributed by atoms with Crippen LogP contribution in [0.25, 0.3) is 0 Å². The number of hydrogen-bond acceptors (Lipinski definition) is 2. The molecule has 1 aliphatic rings. The maximum Gasteiger partial charge on any atom is 0.401 e. The van der Waals surface area contributed by atoms with Crippen LogP contribution in [0.4, 0.5) is 13.2 Å². The number of benzene rings is 1.